The van der Waals surface area contributed by atoms with Gasteiger partial charge in [0.15, 0.2) is 5.82 Å². The highest BCUT2D eigenvalue weighted by Crippen LogP contribution is 1.99. The van der Waals surface area contributed by atoms with Crippen molar-refractivity contribution in [2.75, 3.05) is 5.48 Å². The van der Waals surface area contributed by atoms with Gasteiger partial charge in [-0.25, -0.2) is 4.68 Å². The molecule has 0 radical (unpaired) electrons. The molecule has 5 nitrogen and oxygen atoms in total. The number of hydrogen-bond acceptors (Lipinski definition) is 4. The molecule has 0 aliphatic carbocycles. The minimum absolute atomic E-state index is 0.512. The Morgan fingerprint density at radius 2 is 2.67 bits per heavy atom. The molecule has 2 N–H and O–H groups in total. The van der Waals surface area contributed by atoms with E-state index in [0.29, 0.717) is 12.4 Å². The van der Waals surface area contributed by atoms with Gasteiger partial charge in [-0.1, -0.05) is 5.21 Å². The average molecular weight is 128 g/mol. The number of nitrogens with zero attached hydrogens (tertiary/aromatic N) is 3. The summed E-state index contributed by atoms with van der Waals surface area (Å²) in [4.78, 5) is 0. The standard InChI is InChI=1S/C4H8N4O/c1-2-8-4(6-9)3-5-7-8/h3,6,9H,2H2,1H3. The largest absolute Gasteiger partial charge is 0.290 e. The molecule has 0 fully saturated rings. The predicted molar refractivity (Wildman–Crippen MR) is 31.1 cm³/mol. The molecule has 0 aliphatic rings. The van der Waals surface area contributed by atoms with Crippen LogP contribution in [0.1, 0.15) is 6.92 Å². The molecule has 9 heavy (non-hydrogen) atoms. The van der Waals surface area contributed by atoms with Crippen LogP contribution in [0.15, 0.2) is 6.20 Å². The summed E-state index contributed by atoms with van der Waals surface area (Å²) in [6, 6.07) is 0. The number of aromatic nitrogens is 3. The highest BCUT2D eigenvalue weighted by Gasteiger charge is 1.96. The van der Waals surface area contributed by atoms with Crippen LogP contribution in [-0.2, 0) is 6.54 Å². The van der Waals surface area contributed by atoms with Gasteiger partial charge in [-0.2, -0.15) is 0 Å². The van der Waals surface area contributed by atoms with Crippen LogP contribution in [-0.4, -0.2) is 20.2 Å². The summed E-state index contributed by atoms with van der Waals surface area (Å²) >= 11 is 0. The molecule has 5 heteroatoms. The number of aryl methyl sites for hydroxylation is 1. The molecule has 1 heterocycles. The molecule has 1 aromatic rings. The lowest BCUT2D eigenvalue weighted by Crippen LogP contribution is -2.02. The van der Waals surface area contributed by atoms with Crippen molar-refractivity contribution in [1.82, 2.24) is 15.0 Å². The van der Waals surface area contributed by atoms with Crippen molar-refractivity contribution in [2.45, 2.75) is 13.5 Å². The summed E-state index contributed by atoms with van der Waals surface area (Å²) in [5, 5.41) is 15.6. The van der Waals surface area contributed by atoms with Gasteiger partial charge in [-0.05, 0) is 6.92 Å². The van der Waals surface area contributed by atoms with Crippen LogP contribution in [0, 0.1) is 0 Å². The van der Waals surface area contributed by atoms with Crippen LogP contribution in [0.3, 0.4) is 0 Å². The second kappa shape index (κ2) is 2.45. The van der Waals surface area contributed by atoms with Gasteiger partial charge in [0, 0.05) is 6.54 Å². The SMILES string of the molecule is CCn1nncc1NO. The maximum absolute atomic E-state index is 8.39. The van der Waals surface area contributed by atoms with Crippen LogP contribution in [0.25, 0.3) is 0 Å². The quantitative estimate of drug-likeness (QED) is 0.554. The van der Waals surface area contributed by atoms with Crippen molar-refractivity contribution in [1.29, 1.82) is 0 Å². The highest BCUT2D eigenvalue weighted by atomic mass is 16.5. The van der Waals surface area contributed by atoms with Crippen LogP contribution in [0.2, 0.25) is 0 Å². The van der Waals surface area contributed by atoms with E-state index in [2.05, 4.69) is 10.3 Å². The molecular weight excluding hydrogens is 120 g/mol. The van der Waals surface area contributed by atoms with Crippen LogP contribution in [0.5, 0.6) is 0 Å². The highest BCUT2D eigenvalue weighted by molar-refractivity contribution is 5.26. The third-order valence-electron chi connectivity index (χ3n) is 1.03. The van der Waals surface area contributed by atoms with Gasteiger partial charge in [-0.3, -0.25) is 10.7 Å². The third kappa shape index (κ3) is 0.996. The van der Waals surface area contributed by atoms with Crippen LogP contribution < -0.4 is 5.48 Å². The zero-order valence-electron chi connectivity index (χ0n) is 5.07. The topological polar surface area (TPSA) is 63.0 Å². The van der Waals surface area contributed by atoms with E-state index < -0.39 is 0 Å². The Balaban J connectivity index is 2.85. The first kappa shape index (κ1) is 6.03. The molecular formula is C4H8N4O. The van der Waals surface area contributed by atoms with Gasteiger partial charge in [0.25, 0.3) is 0 Å². The van der Waals surface area contributed by atoms with Gasteiger partial charge in [0.1, 0.15) is 0 Å². The normalized spacial score (nSPS) is 9.56. The summed E-state index contributed by atoms with van der Waals surface area (Å²) in [6.07, 6.45) is 1.45. The molecule has 0 bridgehead atoms. The van der Waals surface area contributed by atoms with Crippen molar-refractivity contribution in [3.63, 3.8) is 0 Å². The summed E-state index contributed by atoms with van der Waals surface area (Å²) in [5.74, 6) is 0.512. The molecule has 0 spiro atoms. The Morgan fingerprint density at radius 3 is 3.11 bits per heavy atom. The lowest BCUT2D eigenvalue weighted by Gasteiger charge is -1.97. The van der Waals surface area contributed by atoms with Crippen molar-refractivity contribution < 1.29 is 5.21 Å². The third-order valence-corrected chi connectivity index (χ3v) is 1.03. The van der Waals surface area contributed by atoms with Crippen LogP contribution >= 0.6 is 0 Å². The molecule has 0 saturated heterocycles. The molecule has 50 valence electrons. The number of nitrogens with one attached hydrogen (secondary N) is 1. The number of hydrogen-bond donors (Lipinski definition) is 2. The fourth-order valence-electron chi connectivity index (χ4n) is 0.578. The lowest BCUT2D eigenvalue weighted by molar-refractivity contribution is 0.379. The summed E-state index contributed by atoms with van der Waals surface area (Å²) in [5.41, 5.74) is 1.96. The van der Waals surface area contributed by atoms with E-state index in [4.69, 9.17) is 5.21 Å². The molecule has 0 aromatic carbocycles. The van der Waals surface area contributed by atoms with E-state index in [1.165, 1.54) is 6.20 Å². The van der Waals surface area contributed by atoms with Crippen LogP contribution in [0.4, 0.5) is 5.82 Å². The maximum Gasteiger partial charge on any atom is 0.168 e. The van der Waals surface area contributed by atoms with E-state index in [9.17, 15) is 0 Å². The molecule has 1 rings (SSSR count). The molecule has 0 saturated carbocycles. The zero-order valence-corrected chi connectivity index (χ0v) is 5.07. The lowest BCUT2D eigenvalue weighted by atomic mass is 10.7. The fraction of sp³-hybridized carbons (Fsp3) is 0.500. The van der Waals surface area contributed by atoms with Gasteiger partial charge >= 0.3 is 0 Å². The molecule has 1 aromatic heterocycles. The molecule has 0 unspecified atom stereocenters. The monoisotopic (exact) mass is 128 g/mol. The van der Waals surface area contributed by atoms with Crippen molar-refractivity contribution >= 4 is 5.82 Å². The molecule has 0 atom stereocenters. The van der Waals surface area contributed by atoms with Crippen molar-refractivity contribution in [3.05, 3.63) is 6.20 Å². The van der Waals surface area contributed by atoms with Gasteiger partial charge in [0.05, 0.1) is 6.20 Å². The Bertz CT molecular complexity index is 166. The summed E-state index contributed by atoms with van der Waals surface area (Å²) < 4.78 is 1.54. The van der Waals surface area contributed by atoms with Crippen molar-refractivity contribution in [3.8, 4) is 0 Å². The maximum atomic E-state index is 8.39. The second-order valence-electron chi connectivity index (χ2n) is 1.55. The Labute approximate surface area is 52.3 Å². The number of rotatable bonds is 2. The fourth-order valence-corrected chi connectivity index (χ4v) is 0.578. The molecule has 0 aliphatic heterocycles. The van der Waals surface area contributed by atoms with E-state index in [-0.39, 0.29) is 0 Å². The smallest absolute Gasteiger partial charge is 0.168 e. The van der Waals surface area contributed by atoms with E-state index in [1.807, 2.05) is 12.4 Å². The summed E-state index contributed by atoms with van der Waals surface area (Å²) in [7, 11) is 0. The van der Waals surface area contributed by atoms with Gasteiger partial charge < -0.3 is 0 Å². The van der Waals surface area contributed by atoms with Gasteiger partial charge in [-0.15, -0.1) is 5.10 Å². The minimum Gasteiger partial charge on any atom is -0.290 e. The summed E-state index contributed by atoms with van der Waals surface area (Å²) in [6.45, 7) is 2.61. The Hall–Kier alpha value is -1.10. The average Bonchev–Trinajstić information content (AvgIpc) is 2.33. The molecule has 0 amide bonds. The van der Waals surface area contributed by atoms with E-state index in [1.54, 1.807) is 4.68 Å². The second-order valence-corrected chi connectivity index (χ2v) is 1.55. The van der Waals surface area contributed by atoms with E-state index in [0.717, 1.165) is 0 Å². The predicted octanol–water partition coefficient (Wildman–Crippen LogP) is 0.0991. The first-order chi connectivity index (χ1) is 4.38. The number of anilines is 1. The zero-order chi connectivity index (χ0) is 6.69. The van der Waals surface area contributed by atoms with Crippen molar-refractivity contribution in [2.24, 2.45) is 0 Å². The minimum atomic E-state index is 0.512. The first-order valence-electron chi connectivity index (χ1n) is 2.67. The Kier molecular flexibility index (Phi) is 1.64. The Morgan fingerprint density at radius 1 is 1.89 bits per heavy atom. The van der Waals surface area contributed by atoms with E-state index >= 15 is 0 Å². The van der Waals surface area contributed by atoms with Gasteiger partial charge in [0.2, 0.25) is 0 Å². The first-order valence-corrected chi connectivity index (χ1v) is 2.67.